The van der Waals surface area contributed by atoms with Crippen molar-refractivity contribution in [3.63, 3.8) is 0 Å². The molecule has 1 aliphatic carbocycles. The molecule has 0 unspecified atom stereocenters. The molecule has 0 aromatic heterocycles. The van der Waals surface area contributed by atoms with E-state index in [0.717, 1.165) is 0 Å². The van der Waals surface area contributed by atoms with Crippen molar-refractivity contribution in [1.29, 1.82) is 0 Å². The summed E-state index contributed by atoms with van der Waals surface area (Å²) < 4.78 is 42.6. The second-order valence-corrected chi connectivity index (χ2v) is 5.65. The van der Waals surface area contributed by atoms with Gasteiger partial charge in [0.05, 0.1) is 5.92 Å². The van der Waals surface area contributed by atoms with E-state index in [-0.39, 0.29) is 13.0 Å². The van der Waals surface area contributed by atoms with Crippen molar-refractivity contribution in [3.05, 3.63) is 59.7 Å². The summed E-state index contributed by atoms with van der Waals surface area (Å²) in [5.41, 5.74) is -0.496. The molecular formula is C18H17F3O4. The van der Waals surface area contributed by atoms with Crippen LogP contribution in [-0.2, 0) is 15.1 Å². The van der Waals surface area contributed by atoms with Crippen LogP contribution in [0.2, 0.25) is 0 Å². The number of hydrogen-bond donors (Lipinski definition) is 1. The Balaban J connectivity index is 2.27. The molecule has 1 aliphatic rings. The van der Waals surface area contributed by atoms with Crippen LogP contribution < -0.4 is 0 Å². The Morgan fingerprint density at radius 3 is 2.44 bits per heavy atom. The van der Waals surface area contributed by atoms with Crippen molar-refractivity contribution in [2.45, 2.75) is 24.6 Å². The number of carbonyl (C=O) groups excluding carboxylic acids is 1. The molecule has 0 radical (unpaired) electrons. The minimum absolute atomic E-state index is 0.195. The zero-order valence-electron chi connectivity index (χ0n) is 13.2. The second kappa shape index (κ2) is 7.65. The Kier molecular flexibility index (Phi) is 5.79. The highest BCUT2D eigenvalue weighted by Gasteiger charge is 2.34. The molecule has 0 bridgehead atoms. The van der Waals surface area contributed by atoms with Gasteiger partial charge in [-0.05, 0) is 18.6 Å². The maximum atomic E-state index is 12.3. The van der Waals surface area contributed by atoms with Crippen LogP contribution in [-0.4, -0.2) is 30.1 Å². The number of halogens is 3. The van der Waals surface area contributed by atoms with E-state index in [1.807, 2.05) is 0 Å². The molecule has 0 fully saturated rings. The van der Waals surface area contributed by atoms with Crippen molar-refractivity contribution < 1.29 is 32.6 Å². The third-order valence-corrected chi connectivity index (χ3v) is 3.84. The highest BCUT2D eigenvalue weighted by molar-refractivity contribution is 5.79. The number of carboxylic acid groups (broad SMARTS) is 1. The first kappa shape index (κ1) is 18.9. The Morgan fingerprint density at radius 2 is 1.88 bits per heavy atom. The maximum absolute atomic E-state index is 12.3. The topological polar surface area (TPSA) is 63.6 Å². The number of hydrogen-bond acceptors (Lipinski definition) is 3. The van der Waals surface area contributed by atoms with Gasteiger partial charge in [0.15, 0.2) is 0 Å². The Labute approximate surface area is 142 Å². The standard InChI is InChI=1S/C18H17F3O4/c19-18(20,21)8-3-11-25-17(9-6-13(7-10-17)16(23)24)15-5-2-1-4-14(15)12-22/h1-2,4-7,9-10,12-13H,3,8,11H2,(H,23,24). The van der Waals surface area contributed by atoms with Gasteiger partial charge < -0.3 is 9.84 Å². The lowest BCUT2D eigenvalue weighted by Crippen LogP contribution is -2.30. The molecule has 0 heterocycles. The van der Waals surface area contributed by atoms with Crippen LogP contribution in [0.3, 0.4) is 0 Å². The number of carboxylic acids is 1. The normalized spacial score (nSPS) is 22.8. The molecule has 0 saturated heterocycles. The third kappa shape index (κ3) is 4.79. The number of alkyl halides is 3. The molecule has 4 nitrogen and oxygen atoms in total. The average molecular weight is 354 g/mol. The van der Waals surface area contributed by atoms with Crippen molar-refractivity contribution in [2.24, 2.45) is 5.92 Å². The lowest BCUT2D eigenvalue weighted by molar-refractivity contribution is -0.140. The molecule has 0 atom stereocenters. The Bertz CT molecular complexity index is 678. The Hall–Kier alpha value is -2.41. The smallest absolute Gasteiger partial charge is 0.389 e. The van der Waals surface area contributed by atoms with Crippen LogP contribution in [0.4, 0.5) is 13.2 Å². The molecule has 0 saturated carbocycles. The zero-order chi connectivity index (χ0) is 18.5. The summed E-state index contributed by atoms with van der Waals surface area (Å²) in [6.45, 7) is -0.195. The number of rotatable bonds is 7. The molecule has 0 aliphatic heterocycles. The summed E-state index contributed by atoms with van der Waals surface area (Å²) in [4.78, 5) is 22.4. The lowest BCUT2D eigenvalue weighted by atomic mass is 9.84. The first-order valence-electron chi connectivity index (χ1n) is 7.64. The van der Waals surface area contributed by atoms with Crippen LogP contribution >= 0.6 is 0 Å². The van der Waals surface area contributed by atoms with Gasteiger partial charge in [0.25, 0.3) is 0 Å². The molecule has 7 heteroatoms. The second-order valence-electron chi connectivity index (χ2n) is 5.65. The summed E-state index contributed by atoms with van der Waals surface area (Å²) >= 11 is 0. The summed E-state index contributed by atoms with van der Waals surface area (Å²) in [6.07, 6.45) is 0.873. The van der Waals surface area contributed by atoms with Gasteiger partial charge in [-0.25, -0.2) is 0 Å². The number of carbonyl (C=O) groups is 2. The van der Waals surface area contributed by atoms with Crippen LogP contribution in [0.1, 0.15) is 28.8 Å². The fourth-order valence-corrected chi connectivity index (χ4v) is 2.60. The predicted octanol–water partition coefficient (Wildman–Crippen LogP) is 3.88. The van der Waals surface area contributed by atoms with Gasteiger partial charge in [0, 0.05) is 24.2 Å². The van der Waals surface area contributed by atoms with E-state index in [1.54, 1.807) is 24.3 Å². The highest BCUT2D eigenvalue weighted by atomic mass is 19.4. The summed E-state index contributed by atoms with van der Waals surface area (Å²) in [5.74, 6) is -1.91. The number of ether oxygens (including phenoxy) is 1. The zero-order valence-corrected chi connectivity index (χ0v) is 13.2. The maximum Gasteiger partial charge on any atom is 0.389 e. The van der Waals surface area contributed by atoms with E-state index in [1.165, 1.54) is 24.3 Å². The highest BCUT2D eigenvalue weighted by Crippen LogP contribution is 2.35. The van der Waals surface area contributed by atoms with E-state index in [0.29, 0.717) is 17.4 Å². The fraction of sp³-hybridized carbons (Fsp3) is 0.333. The van der Waals surface area contributed by atoms with E-state index in [9.17, 15) is 22.8 Å². The number of aliphatic carboxylic acids is 1. The van der Waals surface area contributed by atoms with E-state index in [4.69, 9.17) is 9.84 Å². The fourth-order valence-electron chi connectivity index (χ4n) is 2.60. The lowest BCUT2D eigenvalue weighted by Gasteiger charge is -2.32. The van der Waals surface area contributed by atoms with Gasteiger partial charge in [-0.2, -0.15) is 13.2 Å². The molecule has 2 rings (SSSR count). The predicted molar refractivity (Wildman–Crippen MR) is 84.2 cm³/mol. The first-order valence-corrected chi connectivity index (χ1v) is 7.64. The van der Waals surface area contributed by atoms with Gasteiger partial charge in [-0.3, -0.25) is 9.59 Å². The third-order valence-electron chi connectivity index (χ3n) is 3.84. The molecule has 1 aromatic rings. The van der Waals surface area contributed by atoms with Crippen LogP contribution in [0.25, 0.3) is 0 Å². The monoisotopic (exact) mass is 354 g/mol. The summed E-state index contributed by atoms with van der Waals surface area (Å²) in [5, 5.41) is 9.06. The van der Waals surface area contributed by atoms with Crippen LogP contribution in [0.5, 0.6) is 0 Å². The number of aldehydes is 1. The molecule has 1 N–H and O–H groups in total. The van der Waals surface area contributed by atoms with E-state index >= 15 is 0 Å². The van der Waals surface area contributed by atoms with E-state index < -0.39 is 30.1 Å². The number of benzene rings is 1. The van der Waals surface area contributed by atoms with E-state index in [2.05, 4.69) is 0 Å². The molecule has 1 aromatic carbocycles. The van der Waals surface area contributed by atoms with Crippen molar-refractivity contribution in [2.75, 3.05) is 6.61 Å². The van der Waals surface area contributed by atoms with Gasteiger partial charge in [0.1, 0.15) is 11.9 Å². The largest absolute Gasteiger partial charge is 0.481 e. The molecule has 134 valence electrons. The summed E-state index contributed by atoms with van der Waals surface area (Å²) in [6, 6.07) is 6.52. The Morgan fingerprint density at radius 1 is 1.24 bits per heavy atom. The van der Waals surface area contributed by atoms with Crippen LogP contribution in [0.15, 0.2) is 48.6 Å². The van der Waals surface area contributed by atoms with Crippen molar-refractivity contribution in [3.8, 4) is 0 Å². The van der Waals surface area contributed by atoms with Gasteiger partial charge in [-0.1, -0.05) is 36.4 Å². The first-order chi connectivity index (χ1) is 11.8. The summed E-state index contributed by atoms with van der Waals surface area (Å²) in [7, 11) is 0. The molecule has 0 amide bonds. The van der Waals surface area contributed by atoms with Crippen LogP contribution in [0, 0.1) is 5.92 Å². The average Bonchev–Trinajstić information content (AvgIpc) is 2.58. The van der Waals surface area contributed by atoms with Crippen molar-refractivity contribution >= 4 is 12.3 Å². The van der Waals surface area contributed by atoms with Gasteiger partial charge in [-0.15, -0.1) is 0 Å². The van der Waals surface area contributed by atoms with Crippen molar-refractivity contribution in [1.82, 2.24) is 0 Å². The SMILES string of the molecule is O=Cc1ccccc1C1(OCCCC(F)(F)F)C=CC(C(=O)O)C=C1. The minimum atomic E-state index is -4.27. The molecular weight excluding hydrogens is 337 g/mol. The minimum Gasteiger partial charge on any atom is -0.481 e. The molecule has 25 heavy (non-hydrogen) atoms. The van der Waals surface area contributed by atoms with Gasteiger partial charge >= 0.3 is 12.1 Å². The quantitative estimate of drug-likeness (QED) is 0.459. The van der Waals surface area contributed by atoms with Gasteiger partial charge in [0.2, 0.25) is 0 Å². The molecule has 0 spiro atoms.